The van der Waals surface area contributed by atoms with Crippen molar-refractivity contribution in [1.82, 2.24) is 10.3 Å². The third-order valence-electron chi connectivity index (χ3n) is 7.08. The molecule has 2 atom stereocenters. The molecule has 1 aliphatic heterocycles. The molecule has 2 heterocycles. The lowest BCUT2D eigenvalue weighted by Gasteiger charge is -2.38. The van der Waals surface area contributed by atoms with Crippen LogP contribution in [0.1, 0.15) is 49.5 Å². The van der Waals surface area contributed by atoms with Crippen molar-refractivity contribution >= 4 is 41.0 Å². The molecule has 42 heavy (non-hydrogen) atoms. The molecule has 1 aromatic heterocycles. The summed E-state index contributed by atoms with van der Waals surface area (Å²) in [6.07, 6.45) is -0.387. The second-order valence-corrected chi connectivity index (χ2v) is 10.5. The van der Waals surface area contributed by atoms with Crippen molar-refractivity contribution in [2.45, 2.75) is 56.2 Å². The van der Waals surface area contributed by atoms with E-state index in [2.05, 4.69) is 10.3 Å². The van der Waals surface area contributed by atoms with Crippen LogP contribution in [0.2, 0.25) is 5.02 Å². The molecule has 0 spiro atoms. The zero-order chi connectivity index (χ0) is 30.2. The highest BCUT2D eigenvalue weighted by atomic mass is 35.5. The molecule has 218 valence electrons. The first-order chi connectivity index (χ1) is 20.0. The summed E-state index contributed by atoms with van der Waals surface area (Å²) >= 11 is 6.41. The molecule has 0 bridgehead atoms. The molecular weight excluding hydrogens is 582 g/mol. The van der Waals surface area contributed by atoms with Gasteiger partial charge in [-0.2, -0.15) is 5.26 Å². The van der Waals surface area contributed by atoms with Crippen LogP contribution in [-0.2, 0) is 14.4 Å². The predicted octanol–water partition coefficient (Wildman–Crippen LogP) is 5.05. The molecule has 3 amide bonds. The Morgan fingerprint density at radius 1 is 1.21 bits per heavy atom. The number of halogens is 5. The van der Waals surface area contributed by atoms with Gasteiger partial charge in [-0.1, -0.05) is 29.8 Å². The Morgan fingerprint density at radius 2 is 1.90 bits per heavy atom. The molecule has 2 fully saturated rings. The van der Waals surface area contributed by atoms with Crippen molar-refractivity contribution in [3.8, 4) is 6.07 Å². The summed E-state index contributed by atoms with van der Waals surface area (Å²) in [6, 6.07) is 6.41. The molecule has 0 radical (unpaired) electrons. The van der Waals surface area contributed by atoms with Gasteiger partial charge in [0.1, 0.15) is 23.7 Å². The normalized spacial score (nSPS) is 18.7. The minimum Gasteiger partial charge on any atom is -0.412 e. The van der Waals surface area contributed by atoms with Crippen molar-refractivity contribution < 1.29 is 36.4 Å². The Kier molecular flexibility index (Phi) is 7.92. The minimum atomic E-state index is -2.96. The number of aromatic nitrogens is 1. The third kappa shape index (κ3) is 5.94. The summed E-state index contributed by atoms with van der Waals surface area (Å²) < 4.78 is 61.3. The minimum absolute atomic E-state index is 0.0150. The second kappa shape index (κ2) is 11.4. The average molecular weight is 604 g/mol. The number of amides is 3. The maximum atomic E-state index is 14.4. The Hall–Kier alpha value is -4.44. The molecule has 1 saturated carbocycles. The van der Waals surface area contributed by atoms with E-state index in [1.807, 2.05) is 0 Å². The molecular formula is C28H22ClF4N5O4. The summed E-state index contributed by atoms with van der Waals surface area (Å²) in [5.74, 6) is -7.37. The largest absolute Gasteiger partial charge is 0.412 e. The zero-order valence-electron chi connectivity index (χ0n) is 21.7. The fraction of sp³-hybridized carbons (Fsp3) is 0.321. The van der Waals surface area contributed by atoms with Crippen LogP contribution >= 0.6 is 11.6 Å². The number of carbonyl (C=O) groups is 3. The molecule has 1 N–H and O–H groups in total. The van der Waals surface area contributed by atoms with Crippen molar-refractivity contribution in [3.05, 3.63) is 76.6 Å². The van der Waals surface area contributed by atoms with Gasteiger partial charge in [0.15, 0.2) is 0 Å². The summed E-state index contributed by atoms with van der Waals surface area (Å²) in [5, 5.41) is 11.6. The van der Waals surface area contributed by atoms with Crippen LogP contribution in [0.5, 0.6) is 0 Å². The van der Waals surface area contributed by atoms with Crippen LogP contribution in [0.25, 0.3) is 0 Å². The van der Waals surface area contributed by atoms with E-state index in [1.165, 1.54) is 18.2 Å². The van der Waals surface area contributed by atoms with Gasteiger partial charge in [0.2, 0.25) is 23.5 Å². The Bertz CT molecular complexity index is 1560. The molecule has 2 aliphatic rings. The SMILES string of the molecule is N#Cc1cnc(N2C(=O)CC[C@H]2CC(=O)N(c2cc(F)cc(F)c2)[C@H](C(=O)NC2CC(F)(F)C2)c2ccccc2Cl)o1. The number of oxazole rings is 1. The molecule has 1 aliphatic carbocycles. The first-order valence-corrected chi connectivity index (χ1v) is 13.2. The maximum Gasteiger partial charge on any atom is 0.305 e. The number of alkyl halides is 2. The summed E-state index contributed by atoms with van der Waals surface area (Å²) in [6.45, 7) is 0. The van der Waals surface area contributed by atoms with Crippen molar-refractivity contribution in [1.29, 1.82) is 5.26 Å². The van der Waals surface area contributed by atoms with Crippen LogP contribution in [0, 0.1) is 23.0 Å². The van der Waals surface area contributed by atoms with Crippen molar-refractivity contribution in [3.63, 3.8) is 0 Å². The zero-order valence-corrected chi connectivity index (χ0v) is 22.5. The molecule has 5 rings (SSSR count). The second-order valence-electron chi connectivity index (χ2n) is 10.1. The van der Waals surface area contributed by atoms with E-state index in [-0.39, 0.29) is 40.9 Å². The molecule has 1 saturated heterocycles. The Labute approximate surface area is 241 Å². The van der Waals surface area contributed by atoms with E-state index < -0.39 is 72.7 Å². The van der Waals surface area contributed by atoms with Crippen LogP contribution in [-0.4, -0.2) is 40.7 Å². The van der Waals surface area contributed by atoms with Gasteiger partial charge in [0.25, 0.3) is 5.92 Å². The highest BCUT2D eigenvalue weighted by Gasteiger charge is 2.47. The lowest BCUT2D eigenvalue weighted by Crippen LogP contribution is -2.54. The van der Waals surface area contributed by atoms with E-state index in [9.17, 15) is 31.9 Å². The van der Waals surface area contributed by atoms with E-state index >= 15 is 0 Å². The van der Waals surface area contributed by atoms with Gasteiger partial charge in [0.05, 0.1) is 17.9 Å². The van der Waals surface area contributed by atoms with Gasteiger partial charge < -0.3 is 9.73 Å². The van der Waals surface area contributed by atoms with E-state index in [0.29, 0.717) is 6.07 Å². The summed E-state index contributed by atoms with van der Waals surface area (Å²) in [4.78, 5) is 46.3. The molecule has 14 heteroatoms. The lowest BCUT2D eigenvalue weighted by atomic mass is 9.87. The van der Waals surface area contributed by atoms with Crippen molar-refractivity contribution in [2.24, 2.45) is 0 Å². The van der Waals surface area contributed by atoms with Gasteiger partial charge in [-0.15, -0.1) is 0 Å². The number of nitrogens with zero attached hydrogens (tertiary/aromatic N) is 4. The fourth-order valence-corrected chi connectivity index (χ4v) is 5.42. The van der Waals surface area contributed by atoms with Gasteiger partial charge in [-0.25, -0.2) is 22.5 Å². The molecule has 9 nitrogen and oxygen atoms in total. The predicted molar refractivity (Wildman–Crippen MR) is 140 cm³/mol. The van der Waals surface area contributed by atoms with Crippen LogP contribution in [0.4, 0.5) is 29.3 Å². The van der Waals surface area contributed by atoms with E-state index in [1.54, 1.807) is 12.1 Å². The van der Waals surface area contributed by atoms with E-state index in [0.717, 1.165) is 28.1 Å². The molecule has 2 aromatic carbocycles. The number of anilines is 2. The van der Waals surface area contributed by atoms with Crippen LogP contribution in [0.3, 0.4) is 0 Å². The van der Waals surface area contributed by atoms with Gasteiger partial charge in [-0.05, 0) is 24.6 Å². The average Bonchev–Trinajstić information content (AvgIpc) is 3.51. The highest BCUT2D eigenvalue weighted by molar-refractivity contribution is 6.31. The Balaban J connectivity index is 1.54. The maximum absolute atomic E-state index is 14.4. The van der Waals surface area contributed by atoms with E-state index in [4.69, 9.17) is 21.3 Å². The smallest absolute Gasteiger partial charge is 0.305 e. The number of rotatable bonds is 8. The Morgan fingerprint density at radius 3 is 2.52 bits per heavy atom. The monoisotopic (exact) mass is 603 g/mol. The van der Waals surface area contributed by atoms with Crippen molar-refractivity contribution in [2.75, 3.05) is 9.80 Å². The number of benzene rings is 2. The summed E-state index contributed by atoms with van der Waals surface area (Å²) in [5.41, 5.74) is -0.262. The van der Waals surface area contributed by atoms with Gasteiger partial charge >= 0.3 is 6.01 Å². The standard InChI is InChI=1S/C28H22ClF4N5O4/c29-22-4-2-1-3-21(22)25(26(41)36-17-11-28(32,33)12-17)37(19-8-15(30)7-16(31)9-19)24(40)10-18-5-6-23(39)38(18)27-35-14-20(13-34)42-27/h1-4,7-9,14,17-18,25H,5-6,10-12H2,(H,36,41)/t18-,25-/m0/s1. The third-order valence-corrected chi connectivity index (χ3v) is 7.43. The molecule has 0 unspecified atom stereocenters. The topological polar surface area (TPSA) is 120 Å². The summed E-state index contributed by atoms with van der Waals surface area (Å²) in [7, 11) is 0. The first kappa shape index (κ1) is 29.1. The number of nitriles is 1. The fourth-order valence-electron chi connectivity index (χ4n) is 5.18. The lowest BCUT2D eigenvalue weighted by molar-refractivity contribution is -0.133. The molecule has 3 aromatic rings. The first-order valence-electron chi connectivity index (χ1n) is 12.8. The number of nitrogens with one attached hydrogen (secondary N) is 1. The van der Waals surface area contributed by atoms with Crippen LogP contribution in [0.15, 0.2) is 53.1 Å². The number of hydrogen-bond donors (Lipinski definition) is 1. The quantitative estimate of drug-likeness (QED) is 0.360. The highest BCUT2D eigenvalue weighted by Crippen LogP contribution is 2.39. The number of carbonyl (C=O) groups excluding carboxylic acids is 3. The van der Waals surface area contributed by atoms with Gasteiger partial charge in [-0.3, -0.25) is 24.2 Å². The van der Waals surface area contributed by atoms with Gasteiger partial charge in [0, 0.05) is 48.4 Å². The number of hydrogen-bond acceptors (Lipinski definition) is 6. The van der Waals surface area contributed by atoms with Crippen LogP contribution < -0.4 is 15.1 Å².